The minimum absolute atomic E-state index is 0.0777. The molecule has 1 aromatic rings. The van der Waals surface area contributed by atoms with Gasteiger partial charge in [-0.05, 0) is 17.7 Å². The quantitative estimate of drug-likeness (QED) is 0.651. The first-order chi connectivity index (χ1) is 6.82. The largest absolute Gasteiger partial charge is 0.478 e. The Labute approximate surface area is 91.2 Å². The van der Waals surface area contributed by atoms with Crippen LogP contribution in [0.3, 0.4) is 0 Å². The van der Waals surface area contributed by atoms with Crippen LogP contribution in [0.5, 0.6) is 0 Å². The van der Waals surface area contributed by atoms with Gasteiger partial charge in [0.2, 0.25) is 0 Å². The summed E-state index contributed by atoms with van der Waals surface area (Å²) in [7, 11) is 1.32. The third-order valence-corrected chi connectivity index (χ3v) is 3.11. The second-order valence-electron chi connectivity index (χ2n) is 2.75. The molecule has 1 aromatic carbocycles. The number of aliphatic carboxylic acids is 1. The summed E-state index contributed by atoms with van der Waals surface area (Å²) in [5.41, 5.74) is 0.236. The molecule has 0 spiro atoms. The molecule has 1 rings (SSSR count). The van der Waals surface area contributed by atoms with Crippen LogP contribution in [0.1, 0.15) is 5.56 Å². The van der Waals surface area contributed by atoms with E-state index in [1.165, 1.54) is 24.3 Å². The molecule has 0 saturated heterocycles. The van der Waals surface area contributed by atoms with E-state index in [1.54, 1.807) is 0 Å². The van der Waals surface area contributed by atoms with E-state index in [4.69, 9.17) is 15.8 Å². The number of carbonyl (C=O) groups is 1. The Morgan fingerprint density at radius 2 is 1.73 bits per heavy atom. The number of carboxylic acid groups (broad SMARTS) is 1. The third-order valence-electron chi connectivity index (χ3n) is 1.74. The lowest BCUT2D eigenvalue weighted by molar-refractivity contribution is -0.130. The predicted octanol–water partition coefficient (Wildman–Crippen LogP) is 1.71. The Hall–Kier alpha value is -1.33. The Bertz CT molecular complexity index is 501. The summed E-state index contributed by atoms with van der Waals surface area (Å²) in [5.74, 6) is -1.16. The highest BCUT2D eigenvalue weighted by Gasteiger charge is 2.11. The monoisotopic (exact) mass is 246 g/mol. The maximum absolute atomic E-state index is 10.9. The molecule has 80 valence electrons. The first-order valence-electron chi connectivity index (χ1n) is 3.79. The highest BCUT2D eigenvalue weighted by atomic mass is 35.7. The summed E-state index contributed by atoms with van der Waals surface area (Å²) < 4.78 is 21.7. The molecule has 0 aliphatic rings. The molecule has 15 heavy (non-hydrogen) atoms. The molecule has 0 aliphatic heterocycles. The van der Waals surface area contributed by atoms with Crippen molar-refractivity contribution in [2.24, 2.45) is 0 Å². The van der Waals surface area contributed by atoms with Gasteiger partial charge in [-0.3, -0.25) is 0 Å². The van der Waals surface area contributed by atoms with Crippen LogP contribution in [0.15, 0.2) is 35.7 Å². The molecular formula is C9H7ClO4S. The summed E-state index contributed by atoms with van der Waals surface area (Å²) in [5, 5.41) is 8.62. The number of benzene rings is 1. The van der Waals surface area contributed by atoms with Gasteiger partial charge in [0.1, 0.15) is 0 Å². The molecule has 0 heterocycles. The molecule has 0 saturated carbocycles. The van der Waals surface area contributed by atoms with Crippen molar-refractivity contribution in [3.63, 3.8) is 0 Å². The van der Waals surface area contributed by atoms with Gasteiger partial charge in [-0.2, -0.15) is 0 Å². The van der Waals surface area contributed by atoms with Crippen molar-refractivity contribution in [2.45, 2.75) is 4.90 Å². The van der Waals surface area contributed by atoms with Crippen molar-refractivity contribution in [3.05, 3.63) is 36.4 Å². The molecule has 0 atom stereocenters. The Kier molecular flexibility index (Phi) is 3.16. The smallest absolute Gasteiger partial charge is 0.335 e. The standard InChI is InChI=1S/C9H7ClO4S/c1-6(9(11)12)7-2-4-8(5-3-7)15(10,13)14/h2-5H,1H2,(H,11,12). The molecule has 0 unspecified atom stereocenters. The van der Waals surface area contributed by atoms with E-state index in [2.05, 4.69) is 6.58 Å². The van der Waals surface area contributed by atoms with Crippen LogP contribution in [0.25, 0.3) is 5.57 Å². The zero-order chi connectivity index (χ0) is 11.6. The van der Waals surface area contributed by atoms with Gasteiger partial charge in [-0.15, -0.1) is 0 Å². The summed E-state index contributed by atoms with van der Waals surface area (Å²) in [6.45, 7) is 3.33. The molecule has 4 nitrogen and oxygen atoms in total. The minimum atomic E-state index is -3.77. The zero-order valence-corrected chi connectivity index (χ0v) is 9.05. The SMILES string of the molecule is C=C(C(=O)O)c1ccc(S(=O)(=O)Cl)cc1. The van der Waals surface area contributed by atoms with Gasteiger partial charge < -0.3 is 5.11 Å². The second kappa shape index (κ2) is 4.04. The minimum Gasteiger partial charge on any atom is -0.478 e. The summed E-state index contributed by atoms with van der Waals surface area (Å²) in [6, 6.07) is 5.13. The number of halogens is 1. The van der Waals surface area contributed by atoms with Crippen molar-refractivity contribution >= 4 is 31.3 Å². The third kappa shape index (κ3) is 2.81. The highest BCUT2D eigenvalue weighted by Crippen LogP contribution is 2.18. The number of hydrogen-bond acceptors (Lipinski definition) is 3. The summed E-state index contributed by atoms with van der Waals surface area (Å²) >= 11 is 0. The van der Waals surface area contributed by atoms with Crippen molar-refractivity contribution in [1.82, 2.24) is 0 Å². The molecule has 0 bridgehead atoms. The molecule has 0 fully saturated rings. The first-order valence-corrected chi connectivity index (χ1v) is 6.10. The van der Waals surface area contributed by atoms with E-state index in [1.807, 2.05) is 0 Å². The Morgan fingerprint density at radius 1 is 1.27 bits per heavy atom. The van der Waals surface area contributed by atoms with Gasteiger partial charge in [-0.1, -0.05) is 18.7 Å². The van der Waals surface area contributed by atoms with E-state index >= 15 is 0 Å². The van der Waals surface area contributed by atoms with Crippen molar-refractivity contribution in [2.75, 3.05) is 0 Å². The van der Waals surface area contributed by atoms with Crippen LogP contribution in [0, 0.1) is 0 Å². The zero-order valence-electron chi connectivity index (χ0n) is 7.47. The van der Waals surface area contributed by atoms with Crippen molar-refractivity contribution in [1.29, 1.82) is 0 Å². The lowest BCUT2D eigenvalue weighted by atomic mass is 10.1. The van der Waals surface area contributed by atoms with Crippen LogP contribution in [-0.2, 0) is 13.8 Å². The van der Waals surface area contributed by atoms with E-state index in [9.17, 15) is 13.2 Å². The molecule has 0 amide bonds. The van der Waals surface area contributed by atoms with Crippen molar-refractivity contribution < 1.29 is 18.3 Å². The van der Waals surface area contributed by atoms with E-state index < -0.39 is 15.0 Å². The van der Waals surface area contributed by atoms with Gasteiger partial charge >= 0.3 is 5.97 Å². The molecule has 6 heteroatoms. The number of rotatable bonds is 3. The summed E-state index contributed by atoms with van der Waals surface area (Å²) in [4.78, 5) is 10.5. The lowest BCUT2D eigenvalue weighted by Gasteiger charge is -2.01. The van der Waals surface area contributed by atoms with Crippen LogP contribution in [0.4, 0.5) is 0 Å². The van der Waals surface area contributed by atoms with Gasteiger partial charge in [0.05, 0.1) is 10.5 Å². The molecule has 0 aromatic heterocycles. The number of hydrogen-bond donors (Lipinski definition) is 1. The van der Waals surface area contributed by atoms with Gasteiger partial charge in [0.25, 0.3) is 9.05 Å². The number of carboxylic acids is 1. The van der Waals surface area contributed by atoms with E-state index in [-0.39, 0.29) is 10.5 Å². The Morgan fingerprint density at radius 3 is 2.07 bits per heavy atom. The molecule has 0 radical (unpaired) electrons. The van der Waals surface area contributed by atoms with Gasteiger partial charge in [0.15, 0.2) is 0 Å². The lowest BCUT2D eigenvalue weighted by Crippen LogP contribution is -1.98. The fourth-order valence-corrected chi connectivity index (χ4v) is 1.71. The van der Waals surface area contributed by atoms with Crippen LogP contribution >= 0.6 is 10.7 Å². The average Bonchev–Trinajstić information content (AvgIpc) is 2.15. The summed E-state index contributed by atoms with van der Waals surface area (Å²) in [6.07, 6.45) is 0. The maximum atomic E-state index is 10.9. The average molecular weight is 247 g/mol. The Balaban J connectivity index is 3.12. The van der Waals surface area contributed by atoms with Crippen LogP contribution in [-0.4, -0.2) is 19.5 Å². The van der Waals surface area contributed by atoms with Gasteiger partial charge in [-0.25, -0.2) is 13.2 Å². The normalized spacial score (nSPS) is 11.0. The fourth-order valence-electron chi connectivity index (χ4n) is 0.942. The molecule has 0 aliphatic carbocycles. The highest BCUT2D eigenvalue weighted by molar-refractivity contribution is 8.13. The van der Waals surface area contributed by atoms with E-state index in [0.717, 1.165) is 0 Å². The van der Waals surface area contributed by atoms with Crippen LogP contribution < -0.4 is 0 Å². The molecular weight excluding hydrogens is 240 g/mol. The maximum Gasteiger partial charge on any atom is 0.335 e. The predicted molar refractivity (Wildman–Crippen MR) is 56.2 cm³/mol. The van der Waals surface area contributed by atoms with Crippen LogP contribution in [0.2, 0.25) is 0 Å². The topological polar surface area (TPSA) is 71.4 Å². The van der Waals surface area contributed by atoms with Crippen molar-refractivity contribution in [3.8, 4) is 0 Å². The molecule has 1 N–H and O–H groups in total. The fraction of sp³-hybridized carbons (Fsp3) is 0. The van der Waals surface area contributed by atoms with E-state index in [0.29, 0.717) is 5.56 Å². The first kappa shape index (κ1) is 11.7. The van der Waals surface area contributed by atoms with Gasteiger partial charge in [0, 0.05) is 10.7 Å². The second-order valence-corrected chi connectivity index (χ2v) is 5.31.